The Morgan fingerprint density at radius 2 is 1.79 bits per heavy atom. The number of methoxy groups -OCH3 is 1. The number of ether oxygens (including phenoxy) is 1. The minimum absolute atomic E-state index is 0.502. The Morgan fingerprint density at radius 3 is 2.53 bits per heavy atom. The third-order valence-corrected chi connectivity index (χ3v) is 6.94. The SMILES string of the molecule is C=NCc1cnn2cc(-c3cnn(Cc4ccc(OC)cc4)c3)cc(-c3ccc(N4CCNCC4)nc3)c12. The molecule has 0 spiro atoms. The highest BCUT2D eigenvalue weighted by molar-refractivity contribution is 5.86. The van der Waals surface area contributed by atoms with Gasteiger partial charge in [-0.25, -0.2) is 9.50 Å². The molecule has 0 unspecified atom stereocenters. The number of piperazine rings is 1. The molecule has 5 aromatic rings. The Morgan fingerprint density at radius 1 is 0.947 bits per heavy atom. The average Bonchev–Trinajstić information content (AvgIpc) is 3.61. The first-order valence-electron chi connectivity index (χ1n) is 12.7. The third-order valence-electron chi connectivity index (χ3n) is 6.94. The topological polar surface area (TPSA) is 84.9 Å². The van der Waals surface area contributed by atoms with Gasteiger partial charge in [0.25, 0.3) is 0 Å². The van der Waals surface area contributed by atoms with Crippen molar-refractivity contribution in [3.63, 3.8) is 0 Å². The standard InChI is InChI=1S/C29H30N8O/c1-30-14-24-16-34-37-20-23(25-17-33-36(19-25)18-21-3-6-26(38-2)7-4-21)13-27(29(24)37)22-5-8-28(32-15-22)35-11-9-31-10-12-35/h3-8,13,15-17,19-20,31H,1,9-12,14,18H2,2H3. The summed E-state index contributed by atoms with van der Waals surface area (Å²) in [6, 6.07) is 14.5. The van der Waals surface area contributed by atoms with Crippen LogP contribution in [0.15, 0.2) is 78.4 Å². The molecule has 1 aliphatic heterocycles. The molecule has 1 fully saturated rings. The molecule has 0 amide bonds. The van der Waals surface area contributed by atoms with Gasteiger partial charge in [0.15, 0.2) is 0 Å². The smallest absolute Gasteiger partial charge is 0.128 e. The normalized spacial score (nSPS) is 13.7. The Bertz CT molecular complexity index is 1550. The van der Waals surface area contributed by atoms with Gasteiger partial charge in [0.05, 0.1) is 38.1 Å². The summed E-state index contributed by atoms with van der Waals surface area (Å²) in [5.41, 5.74) is 7.34. The van der Waals surface area contributed by atoms with Crippen molar-refractivity contribution in [2.75, 3.05) is 38.2 Å². The van der Waals surface area contributed by atoms with Gasteiger partial charge in [0.2, 0.25) is 0 Å². The van der Waals surface area contributed by atoms with Crippen molar-refractivity contribution < 1.29 is 4.74 Å². The molecule has 4 aromatic heterocycles. The zero-order chi connectivity index (χ0) is 25.9. The number of nitrogens with one attached hydrogen (secondary N) is 1. The van der Waals surface area contributed by atoms with Gasteiger partial charge in [-0.2, -0.15) is 10.2 Å². The van der Waals surface area contributed by atoms with E-state index in [2.05, 4.69) is 68.7 Å². The molecular weight excluding hydrogens is 476 g/mol. The van der Waals surface area contributed by atoms with Gasteiger partial charge in [-0.05, 0) is 42.6 Å². The van der Waals surface area contributed by atoms with Gasteiger partial charge in [0.1, 0.15) is 11.6 Å². The van der Waals surface area contributed by atoms with Crippen LogP contribution in [0.25, 0.3) is 27.8 Å². The van der Waals surface area contributed by atoms with Gasteiger partial charge in [-0.3, -0.25) is 9.67 Å². The number of anilines is 1. The van der Waals surface area contributed by atoms with Crippen LogP contribution in [0.2, 0.25) is 0 Å². The van der Waals surface area contributed by atoms with Gasteiger partial charge >= 0.3 is 0 Å². The van der Waals surface area contributed by atoms with Crippen LogP contribution in [-0.4, -0.2) is 64.4 Å². The summed E-state index contributed by atoms with van der Waals surface area (Å²) in [5.74, 6) is 1.85. The molecule has 1 aliphatic rings. The van der Waals surface area contributed by atoms with Crippen molar-refractivity contribution in [2.24, 2.45) is 4.99 Å². The number of nitrogens with zero attached hydrogens (tertiary/aromatic N) is 7. The average molecular weight is 507 g/mol. The highest BCUT2D eigenvalue weighted by atomic mass is 16.5. The minimum atomic E-state index is 0.502. The molecule has 0 saturated carbocycles. The van der Waals surface area contributed by atoms with E-state index in [1.54, 1.807) is 7.11 Å². The number of rotatable bonds is 8. The molecular formula is C29H30N8O. The van der Waals surface area contributed by atoms with Crippen molar-refractivity contribution >= 4 is 18.1 Å². The maximum absolute atomic E-state index is 5.27. The van der Waals surface area contributed by atoms with E-state index in [0.717, 1.165) is 76.6 Å². The highest BCUT2D eigenvalue weighted by Gasteiger charge is 2.16. The summed E-state index contributed by atoms with van der Waals surface area (Å²) in [5, 5.41) is 12.7. The largest absolute Gasteiger partial charge is 0.497 e. The van der Waals surface area contributed by atoms with Crippen LogP contribution in [-0.2, 0) is 13.1 Å². The molecule has 0 radical (unpaired) electrons. The van der Waals surface area contributed by atoms with Gasteiger partial charge in [0, 0.05) is 72.6 Å². The maximum atomic E-state index is 5.27. The molecule has 38 heavy (non-hydrogen) atoms. The van der Waals surface area contributed by atoms with E-state index in [-0.39, 0.29) is 0 Å². The summed E-state index contributed by atoms with van der Waals surface area (Å²) in [4.78, 5) is 11.3. The summed E-state index contributed by atoms with van der Waals surface area (Å²) in [6.07, 6.45) is 9.84. The van der Waals surface area contributed by atoms with Crippen LogP contribution in [0.3, 0.4) is 0 Å². The molecule has 6 rings (SSSR count). The Hall–Kier alpha value is -4.50. The summed E-state index contributed by atoms with van der Waals surface area (Å²) >= 11 is 0. The second-order valence-corrected chi connectivity index (χ2v) is 9.40. The molecule has 9 heteroatoms. The van der Waals surface area contributed by atoms with E-state index in [9.17, 15) is 0 Å². The lowest BCUT2D eigenvalue weighted by Gasteiger charge is -2.28. The molecule has 0 bridgehead atoms. The molecule has 5 heterocycles. The summed E-state index contributed by atoms with van der Waals surface area (Å²) in [7, 11) is 1.67. The predicted octanol–water partition coefficient (Wildman–Crippen LogP) is 3.93. The first-order chi connectivity index (χ1) is 18.7. The zero-order valence-electron chi connectivity index (χ0n) is 21.4. The number of hydrogen-bond acceptors (Lipinski definition) is 7. The van der Waals surface area contributed by atoms with E-state index in [1.807, 2.05) is 46.1 Å². The molecule has 192 valence electrons. The van der Waals surface area contributed by atoms with Crippen molar-refractivity contribution in [3.8, 4) is 28.0 Å². The van der Waals surface area contributed by atoms with Gasteiger partial charge in [-0.15, -0.1) is 0 Å². The second kappa shape index (κ2) is 10.5. The molecule has 9 nitrogen and oxygen atoms in total. The van der Waals surface area contributed by atoms with E-state index in [0.29, 0.717) is 13.1 Å². The lowest BCUT2D eigenvalue weighted by Crippen LogP contribution is -2.43. The number of hydrogen-bond donors (Lipinski definition) is 1. The lowest BCUT2D eigenvalue weighted by molar-refractivity contribution is 0.414. The molecule has 0 aliphatic carbocycles. The van der Waals surface area contributed by atoms with Crippen LogP contribution >= 0.6 is 0 Å². The number of pyridine rings is 2. The Balaban J connectivity index is 1.35. The summed E-state index contributed by atoms with van der Waals surface area (Å²) < 4.78 is 9.14. The fraction of sp³-hybridized carbons (Fsp3) is 0.241. The van der Waals surface area contributed by atoms with Crippen LogP contribution in [0.1, 0.15) is 11.1 Å². The third kappa shape index (κ3) is 4.76. The Labute approximate surface area is 221 Å². The fourth-order valence-corrected chi connectivity index (χ4v) is 4.94. The van der Waals surface area contributed by atoms with Crippen LogP contribution in [0.5, 0.6) is 5.75 Å². The second-order valence-electron chi connectivity index (χ2n) is 9.40. The monoisotopic (exact) mass is 506 g/mol. The molecule has 1 N–H and O–H groups in total. The minimum Gasteiger partial charge on any atom is -0.497 e. The van der Waals surface area contributed by atoms with E-state index in [4.69, 9.17) is 9.72 Å². The van der Waals surface area contributed by atoms with Crippen molar-refractivity contribution in [3.05, 3.63) is 84.6 Å². The van der Waals surface area contributed by atoms with Crippen molar-refractivity contribution in [1.82, 2.24) is 29.7 Å². The fourth-order valence-electron chi connectivity index (χ4n) is 4.94. The van der Waals surface area contributed by atoms with Crippen molar-refractivity contribution in [2.45, 2.75) is 13.1 Å². The van der Waals surface area contributed by atoms with Gasteiger partial charge in [-0.1, -0.05) is 12.1 Å². The molecule has 1 aromatic carbocycles. The first kappa shape index (κ1) is 23.9. The zero-order valence-corrected chi connectivity index (χ0v) is 21.4. The number of fused-ring (bicyclic) bond motifs is 1. The maximum Gasteiger partial charge on any atom is 0.128 e. The van der Waals surface area contributed by atoms with E-state index in [1.165, 1.54) is 0 Å². The van der Waals surface area contributed by atoms with Crippen LogP contribution in [0, 0.1) is 0 Å². The van der Waals surface area contributed by atoms with Crippen LogP contribution < -0.4 is 15.0 Å². The quantitative estimate of drug-likeness (QED) is 0.321. The highest BCUT2D eigenvalue weighted by Crippen LogP contribution is 2.33. The van der Waals surface area contributed by atoms with Crippen molar-refractivity contribution in [1.29, 1.82) is 0 Å². The van der Waals surface area contributed by atoms with Gasteiger partial charge < -0.3 is 15.0 Å². The molecule has 1 saturated heterocycles. The lowest BCUT2D eigenvalue weighted by atomic mass is 10.0. The molecule has 0 atom stereocenters. The first-order valence-corrected chi connectivity index (χ1v) is 12.7. The summed E-state index contributed by atoms with van der Waals surface area (Å²) in [6.45, 7) is 8.75. The number of aliphatic imine (C=N–C) groups is 1. The van der Waals surface area contributed by atoms with E-state index < -0.39 is 0 Å². The Kier molecular flexibility index (Phi) is 6.58. The predicted molar refractivity (Wildman–Crippen MR) is 150 cm³/mol. The van der Waals surface area contributed by atoms with Crippen LogP contribution in [0.4, 0.5) is 5.82 Å². The van der Waals surface area contributed by atoms with E-state index >= 15 is 0 Å². The number of aromatic nitrogens is 5. The number of benzene rings is 1.